The van der Waals surface area contributed by atoms with E-state index in [0.29, 0.717) is 11.1 Å². The Kier molecular flexibility index (Phi) is 5.72. The Labute approximate surface area is 189 Å². The molecule has 0 fully saturated rings. The van der Waals surface area contributed by atoms with E-state index in [1.54, 1.807) is 13.8 Å². The summed E-state index contributed by atoms with van der Waals surface area (Å²) in [5, 5.41) is 7.98. The first kappa shape index (κ1) is 22.3. The van der Waals surface area contributed by atoms with E-state index >= 15 is 0 Å². The fourth-order valence-electron chi connectivity index (χ4n) is 3.57. The van der Waals surface area contributed by atoms with Gasteiger partial charge in [-0.1, -0.05) is 36.7 Å². The lowest BCUT2D eigenvalue weighted by Gasteiger charge is -2.19. The fraction of sp³-hybridized carbons (Fsp3) is 0.227. The van der Waals surface area contributed by atoms with Gasteiger partial charge in [0.2, 0.25) is 5.91 Å². The van der Waals surface area contributed by atoms with Gasteiger partial charge in [0.15, 0.2) is 0 Å². The van der Waals surface area contributed by atoms with Crippen molar-refractivity contribution in [1.29, 1.82) is 0 Å². The van der Waals surface area contributed by atoms with Crippen molar-refractivity contribution in [3.63, 3.8) is 0 Å². The minimum Gasteiger partial charge on any atom is -0.323 e. The van der Waals surface area contributed by atoms with Crippen LogP contribution in [0.4, 0.5) is 18.9 Å². The van der Waals surface area contributed by atoms with Gasteiger partial charge in [-0.15, -0.1) is 11.3 Å². The average molecular weight is 480 g/mol. The van der Waals surface area contributed by atoms with Gasteiger partial charge in [-0.05, 0) is 37.6 Å². The van der Waals surface area contributed by atoms with Crippen molar-refractivity contribution in [2.45, 2.75) is 32.5 Å². The van der Waals surface area contributed by atoms with Crippen LogP contribution in [0.15, 0.2) is 47.3 Å². The van der Waals surface area contributed by atoms with Gasteiger partial charge in [0.25, 0.3) is 5.56 Å². The Morgan fingerprint density at radius 1 is 1.25 bits per heavy atom. The molecule has 166 valence electrons. The molecular formula is C22H17ClF3N3O2S. The van der Waals surface area contributed by atoms with Crippen LogP contribution in [0.1, 0.15) is 30.6 Å². The van der Waals surface area contributed by atoms with Crippen LogP contribution in [0.2, 0.25) is 5.02 Å². The summed E-state index contributed by atoms with van der Waals surface area (Å²) in [5.41, 5.74) is -0.969. The molecule has 0 aliphatic rings. The Balaban J connectivity index is 1.78. The number of anilines is 1. The number of amides is 1. The minimum absolute atomic E-state index is 0.0445. The summed E-state index contributed by atoms with van der Waals surface area (Å²) in [7, 11) is 0. The molecule has 0 saturated heterocycles. The second-order valence-electron chi connectivity index (χ2n) is 7.24. The molecular weight excluding hydrogens is 463 g/mol. The molecule has 2 heterocycles. The normalized spacial score (nSPS) is 12.9. The topological polar surface area (TPSA) is 64.0 Å². The Morgan fingerprint density at radius 2 is 1.97 bits per heavy atom. The number of carbonyl (C=O) groups is 1. The third-order valence-electron chi connectivity index (χ3n) is 5.14. The van der Waals surface area contributed by atoms with Crippen LogP contribution in [-0.4, -0.2) is 15.7 Å². The number of carbonyl (C=O) groups excluding carboxylic acids is 1. The molecule has 1 atom stereocenters. The number of thiophene rings is 1. The molecule has 0 aliphatic heterocycles. The van der Waals surface area contributed by atoms with Crippen LogP contribution in [-0.2, 0) is 11.0 Å². The summed E-state index contributed by atoms with van der Waals surface area (Å²) in [6, 6.07) is 9.08. The largest absolute Gasteiger partial charge is 0.416 e. The van der Waals surface area contributed by atoms with E-state index in [0.717, 1.165) is 37.7 Å². The third-order valence-corrected chi connectivity index (χ3v) is 6.75. The lowest BCUT2D eigenvalue weighted by atomic mass is 10.1. The van der Waals surface area contributed by atoms with Crippen LogP contribution in [0, 0.1) is 6.92 Å². The molecule has 0 aliphatic carbocycles. The van der Waals surface area contributed by atoms with E-state index in [9.17, 15) is 22.8 Å². The van der Waals surface area contributed by atoms with Crippen molar-refractivity contribution in [2.75, 3.05) is 5.32 Å². The second-order valence-corrected chi connectivity index (χ2v) is 8.70. The molecule has 0 spiro atoms. The highest BCUT2D eigenvalue weighted by atomic mass is 35.5. The van der Waals surface area contributed by atoms with Crippen LogP contribution in [0.3, 0.4) is 0 Å². The lowest BCUT2D eigenvalue weighted by Crippen LogP contribution is -2.35. The number of alkyl halides is 3. The SMILES string of the molecule is CC[C@H](C(=O)Nc1cc(C(F)(F)F)ccc1Cl)n1nc(C)c2sc3ccccc3c2c1=O. The summed E-state index contributed by atoms with van der Waals surface area (Å²) < 4.78 is 41.9. The minimum atomic E-state index is -4.59. The van der Waals surface area contributed by atoms with Gasteiger partial charge >= 0.3 is 6.18 Å². The summed E-state index contributed by atoms with van der Waals surface area (Å²) in [6.07, 6.45) is -4.39. The van der Waals surface area contributed by atoms with E-state index < -0.39 is 29.2 Å². The molecule has 0 radical (unpaired) electrons. The quantitative estimate of drug-likeness (QED) is 0.380. The van der Waals surface area contributed by atoms with Crippen molar-refractivity contribution >= 4 is 54.7 Å². The van der Waals surface area contributed by atoms with E-state index in [1.165, 1.54) is 11.3 Å². The number of fused-ring (bicyclic) bond motifs is 3. The fourth-order valence-corrected chi connectivity index (χ4v) is 4.87. The molecule has 5 nitrogen and oxygen atoms in total. The molecule has 0 bridgehead atoms. The molecule has 2 aromatic heterocycles. The smallest absolute Gasteiger partial charge is 0.323 e. The predicted octanol–water partition coefficient (Wildman–Crippen LogP) is 6.18. The van der Waals surface area contributed by atoms with Crippen LogP contribution >= 0.6 is 22.9 Å². The van der Waals surface area contributed by atoms with Gasteiger partial charge in [-0.3, -0.25) is 9.59 Å². The summed E-state index contributed by atoms with van der Waals surface area (Å²) in [5.74, 6) is -0.679. The first-order valence-corrected chi connectivity index (χ1v) is 10.9. The highest BCUT2D eigenvalue weighted by Gasteiger charge is 2.32. The maximum absolute atomic E-state index is 13.3. The number of nitrogens with zero attached hydrogens (tertiary/aromatic N) is 2. The number of benzene rings is 2. The highest BCUT2D eigenvalue weighted by molar-refractivity contribution is 7.26. The lowest BCUT2D eigenvalue weighted by molar-refractivity contribution is -0.137. The first-order chi connectivity index (χ1) is 15.1. The molecule has 4 rings (SSSR count). The highest BCUT2D eigenvalue weighted by Crippen LogP contribution is 2.35. The van der Waals surface area contributed by atoms with Crippen LogP contribution in [0.5, 0.6) is 0 Å². The molecule has 0 saturated carbocycles. The van der Waals surface area contributed by atoms with Crippen molar-refractivity contribution in [2.24, 2.45) is 0 Å². The second kappa shape index (κ2) is 8.22. The number of hydrogen-bond acceptors (Lipinski definition) is 4. The number of halogens is 4. The van der Waals surface area contributed by atoms with Crippen LogP contribution in [0.25, 0.3) is 20.2 Å². The van der Waals surface area contributed by atoms with E-state index in [2.05, 4.69) is 10.4 Å². The van der Waals surface area contributed by atoms with Crippen molar-refractivity contribution in [3.8, 4) is 0 Å². The Hall–Kier alpha value is -2.91. The zero-order chi connectivity index (χ0) is 23.2. The van der Waals surface area contributed by atoms with Crippen molar-refractivity contribution in [3.05, 3.63) is 69.1 Å². The zero-order valence-electron chi connectivity index (χ0n) is 17.0. The van der Waals surface area contributed by atoms with E-state index in [4.69, 9.17) is 11.6 Å². The number of aromatic nitrogens is 2. The summed E-state index contributed by atoms with van der Waals surface area (Å²) in [4.78, 5) is 26.3. The first-order valence-electron chi connectivity index (χ1n) is 9.70. The maximum Gasteiger partial charge on any atom is 0.416 e. The van der Waals surface area contributed by atoms with Gasteiger partial charge in [0, 0.05) is 10.1 Å². The molecule has 4 aromatic rings. The predicted molar refractivity (Wildman–Crippen MR) is 121 cm³/mol. The average Bonchev–Trinajstić information content (AvgIpc) is 3.13. The van der Waals surface area contributed by atoms with Gasteiger partial charge in [-0.2, -0.15) is 18.3 Å². The maximum atomic E-state index is 13.3. The number of hydrogen-bond donors (Lipinski definition) is 1. The Morgan fingerprint density at radius 3 is 2.66 bits per heavy atom. The van der Waals surface area contributed by atoms with Gasteiger partial charge < -0.3 is 5.32 Å². The van der Waals surface area contributed by atoms with Crippen LogP contribution < -0.4 is 10.9 Å². The van der Waals surface area contributed by atoms with Crippen molar-refractivity contribution in [1.82, 2.24) is 9.78 Å². The summed E-state index contributed by atoms with van der Waals surface area (Å²) in [6.45, 7) is 3.44. The number of aryl methyl sites for hydroxylation is 1. The van der Waals surface area contributed by atoms with Gasteiger partial charge in [-0.25, -0.2) is 4.68 Å². The molecule has 32 heavy (non-hydrogen) atoms. The zero-order valence-corrected chi connectivity index (χ0v) is 18.5. The molecule has 1 amide bonds. The Bertz CT molecular complexity index is 1410. The van der Waals surface area contributed by atoms with Gasteiger partial charge in [0.05, 0.1) is 32.1 Å². The standard InChI is InChI=1S/C22H17ClF3N3O2S/c1-3-16(20(30)27-15-10-12(22(24,25)26)8-9-14(15)23)29-21(31)18-13-6-4-5-7-17(13)32-19(18)11(2)28-29/h4-10,16H,3H2,1-2H3,(H,27,30)/t16-/m1/s1. The van der Waals surface area contributed by atoms with E-state index in [-0.39, 0.29) is 17.1 Å². The molecule has 1 N–H and O–H groups in total. The van der Waals surface area contributed by atoms with Gasteiger partial charge in [0.1, 0.15) is 6.04 Å². The summed E-state index contributed by atoms with van der Waals surface area (Å²) >= 11 is 7.45. The number of rotatable bonds is 4. The molecule has 2 aromatic carbocycles. The third kappa shape index (κ3) is 3.86. The molecule has 0 unspecified atom stereocenters. The van der Waals surface area contributed by atoms with E-state index in [1.807, 2.05) is 24.3 Å². The van der Waals surface area contributed by atoms with Crippen molar-refractivity contribution < 1.29 is 18.0 Å². The number of nitrogens with one attached hydrogen (secondary N) is 1. The molecule has 10 heteroatoms. The monoisotopic (exact) mass is 479 g/mol.